The topological polar surface area (TPSA) is 123 Å². The van der Waals surface area contributed by atoms with Crippen molar-refractivity contribution in [3.8, 4) is 5.75 Å². The lowest BCUT2D eigenvalue weighted by molar-refractivity contribution is -0.131. The van der Waals surface area contributed by atoms with Crippen molar-refractivity contribution in [1.82, 2.24) is 0 Å². The number of hydrogen-bond donors (Lipinski definition) is 1. The number of carbonyl (C=O) groups excluding carboxylic acids is 4. The van der Waals surface area contributed by atoms with Gasteiger partial charge >= 0.3 is 0 Å². The molecule has 3 fully saturated rings. The normalized spacial score (nSPS) is 26.3. The Balaban J connectivity index is 1.13. The number of carbonyl (C=O) groups is 4. The summed E-state index contributed by atoms with van der Waals surface area (Å²) >= 11 is 6.07. The van der Waals surface area contributed by atoms with Crippen molar-refractivity contribution in [2.45, 2.75) is 25.7 Å². The summed E-state index contributed by atoms with van der Waals surface area (Å²) in [6.07, 6.45) is 2.10. The summed E-state index contributed by atoms with van der Waals surface area (Å²) in [4.78, 5) is 61.4. The van der Waals surface area contributed by atoms with E-state index in [9.17, 15) is 33.1 Å². The van der Waals surface area contributed by atoms with E-state index in [1.807, 2.05) is 49.3 Å². The average Bonchev–Trinajstić information content (AvgIpc) is 3.52. The monoisotopic (exact) mass is 749 g/mol. The molecule has 1 saturated carbocycles. The molecule has 4 aliphatic rings. The van der Waals surface area contributed by atoms with Crippen molar-refractivity contribution in [2.24, 2.45) is 39.3 Å². The molecule has 6 atom stereocenters. The smallest absolute Gasteiger partial charge is 0.241 e. The third kappa shape index (κ3) is 5.41. The maximum Gasteiger partial charge on any atom is 0.241 e. The van der Waals surface area contributed by atoms with Gasteiger partial charge in [0.1, 0.15) is 5.82 Å². The number of rotatable bonds is 6. The lowest BCUT2D eigenvalue weighted by Crippen LogP contribution is -2.48. The Morgan fingerprint density at radius 2 is 1.43 bits per heavy atom. The van der Waals surface area contributed by atoms with E-state index in [4.69, 9.17) is 11.6 Å². The first-order valence-electron chi connectivity index (χ1n) is 17.5. The fourth-order valence-electron chi connectivity index (χ4n) is 8.82. The van der Waals surface area contributed by atoms with Crippen molar-refractivity contribution in [3.05, 3.63) is 119 Å². The maximum absolute atomic E-state index is 15.0. The number of benzene rings is 4. The zero-order chi connectivity index (χ0) is 38.2. The summed E-state index contributed by atoms with van der Waals surface area (Å²) < 4.78 is 29.1. The van der Waals surface area contributed by atoms with Crippen molar-refractivity contribution in [1.29, 1.82) is 0 Å². The number of halogens is 3. The van der Waals surface area contributed by atoms with Crippen LogP contribution < -0.4 is 14.7 Å². The molecule has 0 aromatic heterocycles. The van der Waals surface area contributed by atoms with Crippen LogP contribution in [0.2, 0.25) is 5.02 Å². The van der Waals surface area contributed by atoms with Gasteiger partial charge in [-0.15, -0.1) is 0 Å². The molecule has 2 aliphatic heterocycles. The molecule has 0 bridgehead atoms. The Labute approximate surface area is 314 Å². The molecule has 10 nitrogen and oxygen atoms in total. The van der Waals surface area contributed by atoms with Crippen molar-refractivity contribution >= 4 is 63.7 Å². The first kappa shape index (κ1) is 35.3. The minimum absolute atomic E-state index is 0.0677. The summed E-state index contributed by atoms with van der Waals surface area (Å²) in [5, 5.41) is 18.4. The number of phenolic OH excluding ortho intramolecular Hbond substituents is 1. The highest BCUT2D eigenvalue weighted by Gasteiger charge is 2.67. The van der Waals surface area contributed by atoms with Gasteiger partial charge in [-0.3, -0.25) is 24.1 Å². The number of phenols is 1. The van der Waals surface area contributed by atoms with Gasteiger partial charge in [0.25, 0.3) is 0 Å². The Morgan fingerprint density at radius 3 is 2.06 bits per heavy atom. The number of nitrogens with zero attached hydrogens (tertiary/aromatic N) is 5. The molecule has 0 spiro atoms. The summed E-state index contributed by atoms with van der Waals surface area (Å²) in [7, 11) is 3.89. The first-order valence-corrected chi connectivity index (χ1v) is 17.9. The molecule has 2 aliphatic carbocycles. The van der Waals surface area contributed by atoms with Crippen LogP contribution in [0.15, 0.2) is 107 Å². The van der Waals surface area contributed by atoms with Crippen LogP contribution in [-0.4, -0.2) is 42.8 Å². The summed E-state index contributed by atoms with van der Waals surface area (Å²) in [5.74, 6) is -8.29. The van der Waals surface area contributed by atoms with Gasteiger partial charge in [-0.25, -0.2) is 13.7 Å². The van der Waals surface area contributed by atoms with Gasteiger partial charge in [0.15, 0.2) is 11.6 Å². The third-order valence-electron chi connectivity index (χ3n) is 11.5. The Bertz CT molecular complexity index is 2310. The highest BCUT2D eigenvalue weighted by atomic mass is 35.5. The number of allylic oxidation sites excluding steroid dienone is 2. The van der Waals surface area contributed by atoms with Gasteiger partial charge < -0.3 is 10.0 Å². The number of aromatic hydroxyl groups is 1. The van der Waals surface area contributed by atoms with Crippen LogP contribution in [0, 0.1) is 40.7 Å². The van der Waals surface area contributed by atoms with E-state index < -0.39 is 70.1 Å². The van der Waals surface area contributed by atoms with Crippen LogP contribution in [0.5, 0.6) is 5.75 Å². The SMILES string of the molecule is CN(C)c1ccc(N=Nc2ccc(N3C(=O)C4CC=C5C(CC6C(=O)N(c7ccc(F)c(Cl)c7)C(=O)C6(C)C5c5ccc(O)c(F)c5)C4C3=O)cc2)cc1. The molecule has 13 heteroatoms. The average molecular weight is 750 g/mol. The van der Waals surface area contributed by atoms with E-state index in [2.05, 4.69) is 10.2 Å². The Morgan fingerprint density at radius 1 is 0.778 bits per heavy atom. The van der Waals surface area contributed by atoms with E-state index >= 15 is 0 Å². The predicted molar refractivity (Wildman–Crippen MR) is 198 cm³/mol. The third-order valence-corrected chi connectivity index (χ3v) is 11.8. The lowest BCUT2D eigenvalue weighted by atomic mass is 9.51. The number of fused-ring (bicyclic) bond motifs is 4. The number of anilines is 3. The second kappa shape index (κ2) is 13.0. The van der Waals surface area contributed by atoms with E-state index in [1.54, 1.807) is 31.2 Å². The van der Waals surface area contributed by atoms with Gasteiger partial charge in [0, 0.05) is 25.7 Å². The van der Waals surface area contributed by atoms with Crippen LogP contribution >= 0.6 is 11.6 Å². The van der Waals surface area contributed by atoms with E-state index in [0.717, 1.165) is 22.7 Å². The van der Waals surface area contributed by atoms with Crippen molar-refractivity contribution < 1.29 is 33.1 Å². The van der Waals surface area contributed by atoms with Gasteiger partial charge in [0.05, 0.1) is 50.9 Å². The van der Waals surface area contributed by atoms with E-state index in [0.29, 0.717) is 28.2 Å². The fraction of sp³-hybridized carbons (Fsp3) is 0.268. The quantitative estimate of drug-likeness (QED) is 0.120. The molecule has 54 heavy (non-hydrogen) atoms. The van der Waals surface area contributed by atoms with E-state index in [-0.39, 0.29) is 29.5 Å². The molecular formula is C41H34ClF2N5O5. The molecule has 4 aromatic carbocycles. The number of hydrogen-bond acceptors (Lipinski definition) is 8. The Kier molecular flexibility index (Phi) is 8.48. The largest absolute Gasteiger partial charge is 0.505 e. The molecule has 4 amide bonds. The molecule has 0 radical (unpaired) electrons. The predicted octanol–water partition coefficient (Wildman–Crippen LogP) is 8.24. The van der Waals surface area contributed by atoms with Gasteiger partial charge in [-0.1, -0.05) is 29.3 Å². The fourth-order valence-corrected chi connectivity index (χ4v) is 9.00. The van der Waals surface area contributed by atoms with Gasteiger partial charge in [-0.05, 0) is 110 Å². The standard InChI is InChI=1S/C41H34ClF2N5O5/c1-41-30(38(52)49(40(41)54)26-13-16-32(43)31(42)19-26)20-29-27(36(41)21-4-17-34(50)33(44)18-21)14-15-28-35(29)39(53)48(37(28)51)25-11-7-23(8-12-25)46-45-22-5-9-24(10-6-22)47(2)3/h4-14,16-19,28-30,35-36,50H,15,20H2,1-3H3. The van der Waals surface area contributed by atoms with Crippen LogP contribution in [0.3, 0.4) is 0 Å². The van der Waals surface area contributed by atoms with Crippen molar-refractivity contribution in [3.63, 3.8) is 0 Å². The van der Waals surface area contributed by atoms with E-state index in [1.165, 1.54) is 29.2 Å². The highest BCUT2D eigenvalue weighted by molar-refractivity contribution is 6.32. The van der Waals surface area contributed by atoms with Crippen LogP contribution in [0.25, 0.3) is 0 Å². The van der Waals surface area contributed by atoms with Crippen LogP contribution in [-0.2, 0) is 19.2 Å². The van der Waals surface area contributed by atoms with Gasteiger partial charge in [0.2, 0.25) is 23.6 Å². The molecule has 2 saturated heterocycles. The molecule has 2 heterocycles. The molecule has 4 aromatic rings. The zero-order valence-electron chi connectivity index (χ0n) is 29.4. The minimum atomic E-state index is -1.46. The molecule has 8 rings (SSSR count). The summed E-state index contributed by atoms with van der Waals surface area (Å²) in [5.41, 5.74) is 2.17. The second-order valence-corrected chi connectivity index (χ2v) is 15.0. The maximum atomic E-state index is 15.0. The number of amides is 4. The number of imide groups is 2. The Hall–Kier alpha value is -5.75. The first-order chi connectivity index (χ1) is 25.8. The summed E-state index contributed by atoms with van der Waals surface area (Å²) in [6, 6.07) is 21.5. The van der Waals surface area contributed by atoms with Crippen LogP contribution in [0.1, 0.15) is 31.2 Å². The molecule has 6 unspecified atom stereocenters. The molecule has 1 N–H and O–H groups in total. The second-order valence-electron chi connectivity index (χ2n) is 14.6. The highest BCUT2D eigenvalue weighted by Crippen LogP contribution is 2.64. The number of azo groups is 1. The zero-order valence-corrected chi connectivity index (χ0v) is 30.2. The minimum Gasteiger partial charge on any atom is -0.505 e. The molecule has 274 valence electrons. The lowest BCUT2D eigenvalue weighted by Gasteiger charge is -2.49. The van der Waals surface area contributed by atoms with Crippen molar-refractivity contribution in [2.75, 3.05) is 28.8 Å². The van der Waals surface area contributed by atoms with Gasteiger partial charge in [-0.2, -0.15) is 10.2 Å². The summed E-state index contributed by atoms with van der Waals surface area (Å²) in [6.45, 7) is 1.65. The van der Waals surface area contributed by atoms with Crippen LogP contribution in [0.4, 0.5) is 37.2 Å². The molecular weight excluding hydrogens is 716 g/mol.